The van der Waals surface area contributed by atoms with Crippen molar-refractivity contribution in [2.45, 2.75) is 13.5 Å². The summed E-state index contributed by atoms with van der Waals surface area (Å²) in [6.45, 7) is 2.71. The molecule has 0 atom stereocenters. The summed E-state index contributed by atoms with van der Waals surface area (Å²) < 4.78 is 9.48. The summed E-state index contributed by atoms with van der Waals surface area (Å²) in [4.78, 5) is 18.3. The van der Waals surface area contributed by atoms with E-state index in [0.717, 1.165) is 26.1 Å². The normalized spacial score (nSPS) is 12.2. The molecule has 132 valence electrons. The molecule has 4 aromatic rings. The number of carbonyl (C=O) groups excluding carboxylic acids is 1. The molecule has 0 saturated heterocycles. The van der Waals surface area contributed by atoms with E-state index in [0.29, 0.717) is 21.2 Å². The standard InChI is InChI=1S/C19H15ClN2O2S2/c1-3-22-16-12(24-2)8-6-10-14(16)26-19(22)21-18(23)17-15(20)11-7-4-5-9-13(11)25-17/h4-10H,3H2,1-2H3. The van der Waals surface area contributed by atoms with Crippen molar-refractivity contribution in [2.24, 2.45) is 4.99 Å². The Morgan fingerprint density at radius 3 is 2.65 bits per heavy atom. The molecule has 2 aromatic carbocycles. The molecule has 0 saturated carbocycles. The number of para-hydroxylation sites is 1. The van der Waals surface area contributed by atoms with Gasteiger partial charge in [-0.15, -0.1) is 11.3 Å². The smallest absolute Gasteiger partial charge is 0.291 e. The van der Waals surface area contributed by atoms with Crippen molar-refractivity contribution in [3.8, 4) is 5.75 Å². The molecule has 0 radical (unpaired) electrons. The van der Waals surface area contributed by atoms with Crippen LogP contribution in [0.5, 0.6) is 5.75 Å². The number of benzene rings is 2. The van der Waals surface area contributed by atoms with Gasteiger partial charge in [-0.1, -0.05) is 47.2 Å². The lowest BCUT2D eigenvalue weighted by molar-refractivity contribution is 0.100. The van der Waals surface area contributed by atoms with Crippen LogP contribution in [0.4, 0.5) is 0 Å². The quantitative estimate of drug-likeness (QED) is 0.464. The predicted octanol–water partition coefficient (Wildman–Crippen LogP) is 5.34. The van der Waals surface area contributed by atoms with E-state index in [2.05, 4.69) is 4.99 Å². The fourth-order valence-electron chi connectivity index (χ4n) is 2.93. The Balaban J connectivity index is 1.90. The van der Waals surface area contributed by atoms with Gasteiger partial charge in [0, 0.05) is 16.6 Å². The number of halogens is 1. The zero-order valence-corrected chi connectivity index (χ0v) is 16.5. The van der Waals surface area contributed by atoms with E-state index < -0.39 is 0 Å². The Hall–Kier alpha value is -2.15. The number of nitrogens with zero attached hydrogens (tertiary/aromatic N) is 2. The van der Waals surface area contributed by atoms with Crippen LogP contribution in [-0.2, 0) is 6.54 Å². The number of ether oxygens (including phenoxy) is 1. The number of fused-ring (bicyclic) bond motifs is 2. The van der Waals surface area contributed by atoms with E-state index in [4.69, 9.17) is 16.3 Å². The first kappa shape index (κ1) is 17.3. The molecular formula is C19H15ClN2O2S2. The van der Waals surface area contributed by atoms with E-state index in [1.807, 2.05) is 54.0 Å². The first-order valence-corrected chi connectivity index (χ1v) is 10.1. The van der Waals surface area contributed by atoms with Crippen LogP contribution in [0.25, 0.3) is 20.3 Å². The summed E-state index contributed by atoms with van der Waals surface area (Å²) >= 11 is 9.27. The minimum Gasteiger partial charge on any atom is -0.495 e. The minimum absolute atomic E-state index is 0.316. The van der Waals surface area contributed by atoms with Gasteiger partial charge in [-0.25, -0.2) is 0 Å². The van der Waals surface area contributed by atoms with Crippen LogP contribution in [0.1, 0.15) is 16.6 Å². The van der Waals surface area contributed by atoms with E-state index in [1.54, 1.807) is 7.11 Å². The van der Waals surface area contributed by atoms with Gasteiger partial charge in [0.15, 0.2) is 4.80 Å². The van der Waals surface area contributed by atoms with Crippen LogP contribution in [0.2, 0.25) is 5.02 Å². The summed E-state index contributed by atoms with van der Waals surface area (Å²) in [6.07, 6.45) is 0. The van der Waals surface area contributed by atoms with Gasteiger partial charge in [-0.3, -0.25) is 4.79 Å². The number of methoxy groups -OCH3 is 1. The van der Waals surface area contributed by atoms with Crippen LogP contribution >= 0.6 is 34.3 Å². The SMILES string of the molecule is CCn1c(=NC(=O)c2sc3ccccc3c2Cl)sc2cccc(OC)c21. The zero-order chi connectivity index (χ0) is 18.3. The Labute approximate surface area is 162 Å². The first-order valence-electron chi connectivity index (χ1n) is 8.06. The van der Waals surface area contributed by atoms with E-state index >= 15 is 0 Å². The number of rotatable bonds is 3. The highest BCUT2D eigenvalue weighted by Gasteiger charge is 2.17. The highest BCUT2D eigenvalue weighted by molar-refractivity contribution is 7.21. The van der Waals surface area contributed by atoms with E-state index in [-0.39, 0.29) is 5.91 Å². The second-order valence-electron chi connectivity index (χ2n) is 5.59. The Kier molecular flexibility index (Phi) is 4.56. The molecule has 26 heavy (non-hydrogen) atoms. The van der Waals surface area contributed by atoms with Crippen LogP contribution in [0.15, 0.2) is 47.5 Å². The molecule has 0 bridgehead atoms. The van der Waals surface area contributed by atoms with Gasteiger partial charge in [-0.05, 0) is 25.1 Å². The first-order chi connectivity index (χ1) is 12.6. The van der Waals surface area contributed by atoms with Crippen molar-refractivity contribution < 1.29 is 9.53 Å². The molecule has 7 heteroatoms. The number of thiazole rings is 1. The maximum absolute atomic E-state index is 12.8. The van der Waals surface area contributed by atoms with Gasteiger partial charge in [0.2, 0.25) is 0 Å². The number of aryl methyl sites for hydroxylation is 1. The average Bonchev–Trinajstić information content (AvgIpc) is 3.19. The number of hydrogen-bond acceptors (Lipinski definition) is 4. The Morgan fingerprint density at radius 2 is 1.92 bits per heavy atom. The van der Waals surface area contributed by atoms with Crippen LogP contribution in [0.3, 0.4) is 0 Å². The maximum Gasteiger partial charge on any atom is 0.291 e. The fourth-order valence-corrected chi connectivity index (χ4v) is 5.44. The highest BCUT2D eigenvalue weighted by atomic mass is 35.5. The molecule has 0 N–H and O–H groups in total. The molecule has 0 fully saturated rings. The van der Waals surface area contributed by atoms with Gasteiger partial charge < -0.3 is 9.30 Å². The second kappa shape index (κ2) is 6.87. The summed E-state index contributed by atoms with van der Waals surface area (Å²) in [7, 11) is 1.64. The third-order valence-electron chi connectivity index (χ3n) is 4.13. The number of thiophene rings is 1. The van der Waals surface area contributed by atoms with Gasteiger partial charge in [0.1, 0.15) is 16.1 Å². The number of aromatic nitrogens is 1. The molecule has 2 heterocycles. The van der Waals surface area contributed by atoms with Crippen molar-refractivity contribution in [2.75, 3.05) is 7.11 Å². The van der Waals surface area contributed by atoms with Crippen LogP contribution in [0, 0.1) is 0 Å². The molecule has 0 unspecified atom stereocenters. The molecule has 4 rings (SSSR count). The molecule has 0 aliphatic carbocycles. The molecule has 2 aromatic heterocycles. The summed E-state index contributed by atoms with van der Waals surface area (Å²) in [5.74, 6) is 0.457. The summed E-state index contributed by atoms with van der Waals surface area (Å²) in [5, 5.41) is 1.36. The topological polar surface area (TPSA) is 43.6 Å². The van der Waals surface area contributed by atoms with Gasteiger partial charge in [-0.2, -0.15) is 4.99 Å². The summed E-state index contributed by atoms with van der Waals surface area (Å²) in [5.41, 5.74) is 0.955. The third-order valence-corrected chi connectivity index (χ3v) is 6.83. The minimum atomic E-state index is -0.316. The van der Waals surface area contributed by atoms with Crippen molar-refractivity contribution in [1.82, 2.24) is 4.57 Å². The van der Waals surface area contributed by atoms with Gasteiger partial charge in [0.25, 0.3) is 5.91 Å². The largest absolute Gasteiger partial charge is 0.495 e. The third kappa shape index (κ3) is 2.74. The lowest BCUT2D eigenvalue weighted by atomic mass is 10.2. The monoisotopic (exact) mass is 402 g/mol. The molecule has 4 nitrogen and oxygen atoms in total. The Bertz CT molecular complexity index is 1200. The van der Waals surface area contributed by atoms with E-state index in [9.17, 15) is 4.79 Å². The molecular weight excluding hydrogens is 388 g/mol. The average molecular weight is 403 g/mol. The van der Waals surface area contributed by atoms with Crippen molar-refractivity contribution in [1.29, 1.82) is 0 Å². The van der Waals surface area contributed by atoms with E-state index in [1.165, 1.54) is 22.7 Å². The molecule has 1 amide bonds. The van der Waals surface area contributed by atoms with Crippen LogP contribution in [-0.4, -0.2) is 17.6 Å². The lowest BCUT2D eigenvalue weighted by Gasteiger charge is -2.05. The number of carbonyl (C=O) groups is 1. The zero-order valence-electron chi connectivity index (χ0n) is 14.2. The van der Waals surface area contributed by atoms with Crippen LogP contribution < -0.4 is 9.54 Å². The maximum atomic E-state index is 12.8. The van der Waals surface area contributed by atoms with Crippen molar-refractivity contribution in [3.63, 3.8) is 0 Å². The highest BCUT2D eigenvalue weighted by Crippen LogP contribution is 2.35. The molecule has 0 spiro atoms. The summed E-state index contributed by atoms with van der Waals surface area (Å²) in [6, 6.07) is 13.6. The fraction of sp³-hybridized carbons (Fsp3) is 0.158. The lowest BCUT2D eigenvalue weighted by Crippen LogP contribution is -2.16. The number of amides is 1. The Morgan fingerprint density at radius 1 is 1.15 bits per heavy atom. The predicted molar refractivity (Wildman–Crippen MR) is 109 cm³/mol. The number of hydrogen-bond donors (Lipinski definition) is 0. The molecule has 0 aliphatic heterocycles. The van der Waals surface area contributed by atoms with Crippen molar-refractivity contribution in [3.05, 3.63) is 57.2 Å². The van der Waals surface area contributed by atoms with Gasteiger partial charge >= 0.3 is 0 Å². The van der Waals surface area contributed by atoms with Gasteiger partial charge in [0.05, 0.1) is 16.8 Å². The van der Waals surface area contributed by atoms with Crippen molar-refractivity contribution >= 4 is 60.5 Å². The molecule has 0 aliphatic rings. The second-order valence-corrected chi connectivity index (χ2v) is 8.03.